The van der Waals surface area contributed by atoms with E-state index in [1.54, 1.807) is 0 Å². The van der Waals surface area contributed by atoms with Crippen molar-refractivity contribution < 1.29 is 32.4 Å². The maximum atomic E-state index is 12.2. The summed E-state index contributed by atoms with van der Waals surface area (Å²) in [7, 11) is 0. The third-order valence-electron chi connectivity index (χ3n) is 1.80. The minimum atomic E-state index is -5.17. The highest BCUT2D eigenvalue weighted by Gasteiger charge is 2.36. The largest absolute Gasteiger partial charge is 0.574 e. The molecule has 11 heteroatoms. The Kier molecular flexibility index (Phi) is 5.08. The van der Waals surface area contributed by atoms with E-state index in [1.807, 2.05) is 0 Å². The lowest BCUT2D eigenvalue weighted by atomic mass is 10.3. The summed E-state index contributed by atoms with van der Waals surface area (Å²) in [6.07, 6.45) is -5.17. The van der Waals surface area contributed by atoms with Crippen LogP contribution in [0.5, 0.6) is 5.88 Å². The van der Waals surface area contributed by atoms with E-state index >= 15 is 0 Å². The van der Waals surface area contributed by atoms with Crippen molar-refractivity contribution in [2.45, 2.75) is 13.3 Å². The van der Waals surface area contributed by atoms with E-state index in [-0.39, 0.29) is 10.2 Å². The van der Waals surface area contributed by atoms with E-state index < -0.39 is 34.5 Å². The molecule has 20 heavy (non-hydrogen) atoms. The first-order valence-corrected chi connectivity index (χ1v) is 6.01. The Morgan fingerprint density at radius 3 is 2.60 bits per heavy atom. The summed E-state index contributed by atoms with van der Waals surface area (Å²) in [5.41, 5.74) is -1.49. The number of esters is 1. The molecule has 110 valence electrons. The summed E-state index contributed by atoms with van der Waals surface area (Å²) in [4.78, 5) is 24.3. The fourth-order valence-corrected chi connectivity index (χ4v) is 1.76. The molecule has 1 aromatic rings. The molecular weight excluding hydrogens is 400 g/mol. The zero-order valence-corrected chi connectivity index (χ0v) is 11.9. The average Bonchev–Trinajstić information content (AvgIpc) is 2.29. The second-order valence-corrected chi connectivity index (χ2v) is 4.33. The Balaban J connectivity index is 3.34. The number of hydrogen-bond acceptors (Lipinski definition) is 6. The highest BCUT2D eigenvalue weighted by atomic mass is 127. The summed E-state index contributed by atoms with van der Waals surface area (Å²) >= 11 is 1.52. The van der Waals surface area contributed by atoms with E-state index in [4.69, 9.17) is 0 Å². The summed E-state index contributed by atoms with van der Waals surface area (Å²) in [5.74, 6) is -2.32. The Bertz CT molecular complexity index is 549. The molecule has 0 aliphatic carbocycles. The Morgan fingerprint density at radius 1 is 1.55 bits per heavy atom. The minimum absolute atomic E-state index is 0.0248. The van der Waals surface area contributed by atoms with Gasteiger partial charge >= 0.3 is 23.9 Å². The van der Waals surface area contributed by atoms with Crippen LogP contribution in [0.1, 0.15) is 17.4 Å². The maximum Gasteiger partial charge on any atom is 0.574 e. The molecule has 0 aliphatic heterocycles. The summed E-state index contributed by atoms with van der Waals surface area (Å²) in [6.45, 7) is 1.46. The van der Waals surface area contributed by atoms with E-state index in [1.165, 1.54) is 29.5 Å². The van der Waals surface area contributed by atoms with Gasteiger partial charge in [-0.25, -0.2) is 4.79 Å². The molecule has 0 spiro atoms. The SMILES string of the molecule is CCOC(=O)c1nc(OC(F)(F)F)c([N+](=O)[O-])cc1I. The van der Waals surface area contributed by atoms with Crippen LogP contribution in [0, 0.1) is 13.7 Å². The second-order valence-electron chi connectivity index (χ2n) is 3.17. The standard InChI is InChI=1S/C9H6F3IN2O5/c1-2-19-8(16)6-4(13)3-5(15(17)18)7(14-6)20-9(10,11)12/h3H,2H2,1H3. The summed E-state index contributed by atoms with van der Waals surface area (Å²) < 4.78 is 44.5. The molecule has 7 nitrogen and oxygen atoms in total. The molecule has 0 N–H and O–H groups in total. The number of nitro groups is 1. The molecule has 0 bridgehead atoms. The molecule has 0 amide bonds. The van der Waals surface area contributed by atoms with Gasteiger partial charge < -0.3 is 9.47 Å². The van der Waals surface area contributed by atoms with Crippen LogP contribution in [0.25, 0.3) is 0 Å². The van der Waals surface area contributed by atoms with Gasteiger partial charge in [-0.3, -0.25) is 10.1 Å². The van der Waals surface area contributed by atoms with Crippen molar-refractivity contribution in [1.82, 2.24) is 4.98 Å². The fourth-order valence-electron chi connectivity index (χ4n) is 1.12. The molecule has 0 saturated heterocycles. The number of aromatic nitrogens is 1. The lowest BCUT2D eigenvalue weighted by molar-refractivity contribution is -0.389. The lowest BCUT2D eigenvalue weighted by Gasteiger charge is -2.10. The number of alkyl halides is 3. The van der Waals surface area contributed by atoms with E-state index in [9.17, 15) is 28.1 Å². The topological polar surface area (TPSA) is 91.6 Å². The molecule has 0 aliphatic rings. The first kappa shape index (κ1) is 16.4. The number of nitrogens with zero attached hydrogens (tertiary/aromatic N) is 2. The minimum Gasteiger partial charge on any atom is -0.461 e. The van der Waals surface area contributed by atoms with Crippen LogP contribution in [-0.2, 0) is 4.74 Å². The number of hydrogen-bond donors (Lipinski definition) is 0. The molecule has 0 fully saturated rings. The predicted octanol–water partition coefficient (Wildman–Crippen LogP) is 2.67. The van der Waals surface area contributed by atoms with Gasteiger partial charge in [0.2, 0.25) is 0 Å². The Hall–Kier alpha value is -1.66. The van der Waals surface area contributed by atoms with E-state index in [0.717, 1.165) is 6.07 Å². The number of carbonyl (C=O) groups is 1. The zero-order chi connectivity index (χ0) is 15.5. The van der Waals surface area contributed by atoms with Crippen LogP contribution >= 0.6 is 22.6 Å². The molecule has 0 atom stereocenters. The van der Waals surface area contributed by atoms with Crippen molar-refractivity contribution in [2.75, 3.05) is 6.61 Å². The molecule has 0 radical (unpaired) electrons. The Labute approximate surface area is 123 Å². The van der Waals surface area contributed by atoms with Crippen LogP contribution in [-0.4, -0.2) is 28.8 Å². The number of ether oxygens (including phenoxy) is 2. The van der Waals surface area contributed by atoms with Gasteiger partial charge in [-0.15, -0.1) is 13.2 Å². The Morgan fingerprint density at radius 2 is 2.15 bits per heavy atom. The number of pyridine rings is 1. The van der Waals surface area contributed by atoms with Crippen LogP contribution in [0.15, 0.2) is 6.07 Å². The third-order valence-corrected chi connectivity index (χ3v) is 2.62. The van der Waals surface area contributed by atoms with Gasteiger partial charge in [0.25, 0.3) is 0 Å². The summed E-state index contributed by atoms with van der Waals surface area (Å²) in [5, 5.41) is 10.7. The van der Waals surface area contributed by atoms with Crippen LogP contribution in [0.2, 0.25) is 0 Å². The third kappa shape index (κ3) is 4.18. The highest BCUT2D eigenvalue weighted by molar-refractivity contribution is 14.1. The highest BCUT2D eigenvalue weighted by Crippen LogP contribution is 2.32. The van der Waals surface area contributed by atoms with Crippen molar-refractivity contribution in [3.63, 3.8) is 0 Å². The van der Waals surface area contributed by atoms with Crippen LogP contribution in [0.4, 0.5) is 18.9 Å². The van der Waals surface area contributed by atoms with Crippen LogP contribution in [0.3, 0.4) is 0 Å². The fraction of sp³-hybridized carbons (Fsp3) is 0.333. The number of halogens is 4. The zero-order valence-electron chi connectivity index (χ0n) is 9.73. The molecule has 0 aromatic carbocycles. The molecular formula is C9H6F3IN2O5. The normalized spacial score (nSPS) is 11.1. The van der Waals surface area contributed by atoms with Gasteiger partial charge in [-0.05, 0) is 29.5 Å². The van der Waals surface area contributed by atoms with Gasteiger partial charge in [0.15, 0.2) is 5.69 Å². The molecule has 0 unspecified atom stereocenters. The predicted molar refractivity (Wildman–Crippen MR) is 66.2 cm³/mol. The van der Waals surface area contributed by atoms with Gasteiger partial charge in [0.1, 0.15) is 0 Å². The monoisotopic (exact) mass is 406 g/mol. The summed E-state index contributed by atoms with van der Waals surface area (Å²) in [6, 6.07) is 0.751. The lowest BCUT2D eigenvalue weighted by Crippen LogP contribution is -2.20. The first-order chi connectivity index (χ1) is 9.15. The van der Waals surface area contributed by atoms with E-state index in [0.29, 0.717) is 0 Å². The number of carbonyl (C=O) groups excluding carboxylic acids is 1. The van der Waals surface area contributed by atoms with Crippen molar-refractivity contribution in [3.8, 4) is 5.88 Å². The smallest absolute Gasteiger partial charge is 0.461 e. The maximum absolute atomic E-state index is 12.2. The molecule has 1 heterocycles. The van der Waals surface area contributed by atoms with Crippen molar-refractivity contribution >= 4 is 34.2 Å². The van der Waals surface area contributed by atoms with Crippen molar-refractivity contribution in [1.29, 1.82) is 0 Å². The first-order valence-electron chi connectivity index (χ1n) is 4.93. The van der Waals surface area contributed by atoms with Crippen molar-refractivity contribution in [3.05, 3.63) is 25.4 Å². The van der Waals surface area contributed by atoms with Crippen LogP contribution < -0.4 is 4.74 Å². The second kappa shape index (κ2) is 6.19. The van der Waals surface area contributed by atoms with Gasteiger partial charge in [-0.2, -0.15) is 4.98 Å². The van der Waals surface area contributed by atoms with Gasteiger partial charge in [0.05, 0.1) is 15.1 Å². The number of rotatable bonds is 4. The molecule has 1 rings (SSSR count). The quantitative estimate of drug-likeness (QED) is 0.331. The average molecular weight is 406 g/mol. The van der Waals surface area contributed by atoms with E-state index in [2.05, 4.69) is 14.5 Å². The van der Waals surface area contributed by atoms with Gasteiger partial charge in [0, 0.05) is 6.07 Å². The molecule has 0 saturated carbocycles. The molecule has 1 aromatic heterocycles. The van der Waals surface area contributed by atoms with Crippen molar-refractivity contribution in [2.24, 2.45) is 0 Å². The van der Waals surface area contributed by atoms with Gasteiger partial charge in [-0.1, -0.05) is 0 Å².